The normalized spacial score (nSPS) is 18.5. The molecule has 136 valence electrons. The van der Waals surface area contributed by atoms with E-state index in [-0.39, 0.29) is 0 Å². The molecule has 1 heterocycles. The molecule has 2 rings (SSSR count). The summed E-state index contributed by atoms with van der Waals surface area (Å²) in [6, 6.07) is 7.68. The van der Waals surface area contributed by atoms with E-state index in [2.05, 4.69) is 4.90 Å². The lowest BCUT2D eigenvalue weighted by molar-refractivity contribution is -0.223. The molecule has 0 radical (unpaired) electrons. The Hall–Kier alpha value is -1.31. The van der Waals surface area contributed by atoms with E-state index < -0.39 is 18.2 Å². The zero-order chi connectivity index (χ0) is 17.6. The van der Waals surface area contributed by atoms with Crippen LogP contribution in [-0.4, -0.2) is 55.7 Å². The number of hydrogen-bond acceptors (Lipinski definition) is 4. The summed E-state index contributed by atoms with van der Waals surface area (Å²) in [6.45, 7) is 2.75. The van der Waals surface area contributed by atoms with Crippen LogP contribution in [0.2, 0.25) is 0 Å². The van der Waals surface area contributed by atoms with Crippen LogP contribution in [0.5, 0.6) is 5.75 Å². The van der Waals surface area contributed by atoms with Gasteiger partial charge in [-0.25, -0.2) is 0 Å². The van der Waals surface area contributed by atoms with Crippen molar-refractivity contribution in [3.63, 3.8) is 0 Å². The number of aliphatic hydroxyl groups is 1. The smallest absolute Gasteiger partial charge is 0.414 e. The Kier molecular flexibility index (Phi) is 6.89. The van der Waals surface area contributed by atoms with Gasteiger partial charge in [0.25, 0.3) is 0 Å². The maximum atomic E-state index is 12.6. The summed E-state index contributed by atoms with van der Waals surface area (Å²) in [7, 11) is 1.61. The lowest BCUT2D eigenvalue weighted by Crippen LogP contribution is -2.43. The van der Waals surface area contributed by atoms with Gasteiger partial charge in [0.15, 0.2) is 6.10 Å². The summed E-state index contributed by atoms with van der Waals surface area (Å²) >= 11 is 0. The van der Waals surface area contributed by atoms with Crippen molar-refractivity contribution in [2.45, 2.75) is 31.7 Å². The molecule has 4 nitrogen and oxygen atoms in total. The molecule has 1 atom stereocenters. The van der Waals surface area contributed by atoms with E-state index in [0.29, 0.717) is 45.7 Å². The van der Waals surface area contributed by atoms with Gasteiger partial charge in [-0.15, -0.1) is 0 Å². The van der Waals surface area contributed by atoms with E-state index in [1.807, 2.05) is 24.3 Å². The second-order valence-electron chi connectivity index (χ2n) is 6.09. The number of likely N-dealkylation sites (tertiary alicyclic amines) is 1. The van der Waals surface area contributed by atoms with Crippen molar-refractivity contribution in [3.05, 3.63) is 29.8 Å². The molecule has 1 aliphatic heterocycles. The SMILES string of the molecule is COCCOc1cccc(CN2CCC(C(O)C(F)(F)F)CC2)c1. The number of rotatable bonds is 7. The monoisotopic (exact) mass is 347 g/mol. The first kappa shape index (κ1) is 19.0. The minimum absolute atomic E-state index is 0.352. The maximum Gasteiger partial charge on any atom is 0.414 e. The molecule has 1 aromatic carbocycles. The third kappa shape index (κ3) is 5.65. The third-order valence-electron chi connectivity index (χ3n) is 4.27. The number of ether oxygens (including phenoxy) is 2. The van der Waals surface area contributed by atoms with Crippen LogP contribution in [0.15, 0.2) is 24.3 Å². The molecular weight excluding hydrogens is 323 g/mol. The van der Waals surface area contributed by atoms with Crippen molar-refractivity contribution in [2.24, 2.45) is 5.92 Å². The van der Waals surface area contributed by atoms with Crippen LogP contribution in [0.4, 0.5) is 13.2 Å². The predicted octanol–water partition coefficient (Wildman–Crippen LogP) is 2.85. The molecule has 7 heteroatoms. The molecule has 0 aromatic heterocycles. The molecule has 24 heavy (non-hydrogen) atoms. The number of alkyl halides is 3. The minimum atomic E-state index is -4.53. The first-order valence-corrected chi connectivity index (χ1v) is 8.08. The standard InChI is InChI=1S/C17H24F3NO3/c1-23-9-10-24-15-4-2-3-13(11-15)12-21-7-5-14(6-8-21)16(22)17(18,19)20/h2-4,11,14,16,22H,5-10,12H2,1H3. The van der Waals surface area contributed by atoms with Gasteiger partial charge in [-0.2, -0.15) is 13.2 Å². The summed E-state index contributed by atoms with van der Waals surface area (Å²) in [5.41, 5.74) is 1.06. The van der Waals surface area contributed by atoms with E-state index in [1.54, 1.807) is 7.11 Å². The van der Waals surface area contributed by atoms with Crippen molar-refractivity contribution >= 4 is 0 Å². The topological polar surface area (TPSA) is 41.9 Å². The molecule has 0 spiro atoms. The Bertz CT molecular complexity index is 502. The van der Waals surface area contributed by atoms with Crippen LogP contribution >= 0.6 is 0 Å². The Morgan fingerprint density at radius 3 is 2.58 bits per heavy atom. The molecule has 0 saturated carbocycles. The highest BCUT2D eigenvalue weighted by Crippen LogP contribution is 2.32. The van der Waals surface area contributed by atoms with Gasteiger partial charge in [-0.05, 0) is 49.5 Å². The van der Waals surface area contributed by atoms with Gasteiger partial charge in [-0.3, -0.25) is 4.90 Å². The second-order valence-corrected chi connectivity index (χ2v) is 6.09. The lowest BCUT2D eigenvalue weighted by Gasteiger charge is -2.34. The first-order chi connectivity index (χ1) is 11.4. The number of nitrogens with zero attached hydrogens (tertiary/aromatic N) is 1. The van der Waals surface area contributed by atoms with E-state index in [0.717, 1.165) is 11.3 Å². The average Bonchev–Trinajstić information content (AvgIpc) is 2.55. The summed E-state index contributed by atoms with van der Waals surface area (Å²) in [6.07, 6.45) is -6.03. The summed E-state index contributed by atoms with van der Waals surface area (Å²) < 4.78 is 48.2. The van der Waals surface area contributed by atoms with Crippen LogP contribution in [0.25, 0.3) is 0 Å². The zero-order valence-electron chi connectivity index (χ0n) is 13.8. The summed E-state index contributed by atoms with van der Waals surface area (Å²) in [5, 5.41) is 9.36. The highest BCUT2D eigenvalue weighted by molar-refractivity contribution is 5.28. The number of methoxy groups -OCH3 is 1. The van der Waals surface area contributed by atoms with Crippen molar-refractivity contribution in [3.8, 4) is 5.75 Å². The van der Waals surface area contributed by atoms with E-state index in [9.17, 15) is 18.3 Å². The van der Waals surface area contributed by atoms with Crippen LogP contribution in [-0.2, 0) is 11.3 Å². The quantitative estimate of drug-likeness (QED) is 0.770. The molecule has 1 saturated heterocycles. The fourth-order valence-electron chi connectivity index (χ4n) is 2.93. The van der Waals surface area contributed by atoms with Gasteiger partial charge < -0.3 is 14.6 Å². The fourth-order valence-corrected chi connectivity index (χ4v) is 2.93. The van der Waals surface area contributed by atoms with Crippen molar-refractivity contribution < 1.29 is 27.8 Å². The third-order valence-corrected chi connectivity index (χ3v) is 4.27. The number of benzene rings is 1. The minimum Gasteiger partial charge on any atom is -0.491 e. The van der Waals surface area contributed by atoms with Gasteiger partial charge in [0.2, 0.25) is 0 Å². The number of hydrogen-bond donors (Lipinski definition) is 1. The highest BCUT2D eigenvalue weighted by atomic mass is 19.4. The van der Waals surface area contributed by atoms with Crippen LogP contribution in [0, 0.1) is 5.92 Å². The van der Waals surface area contributed by atoms with Gasteiger partial charge in [0, 0.05) is 13.7 Å². The largest absolute Gasteiger partial charge is 0.491 e. The van der Waals surface area contributed by atoms with E-state index in [4.69, 9.17) is 9.47 Å². The Labute approximate surface area is 140 Å². The number of halogens is 3. The molecular formula is C17H24F3NO3. The van der Waals surface area contributed by atoms with Crippen molar-refractivity contribution in [1.29, 1.82) is 0 Å². The van der Waals surface area contributed by atoms with Crippen molar-refractivity contribution in [1.82, 2.24) is 4.90 Å². The second kappa shape index (κ2) is 8.69. The molecule has 0 amide bonds. The lowest BCUT2D eigenvalue weighted by atomic mass is 9.90. The van der Waals surface area contributed by atoms with E-state index in [1.165, 1.54) is 0 Å². The molecule has 1 aromatic rings. The Morgan fingerprint density at radius 2 is 1.96 bits per heavy atom. The summed E-state index contributed by atoms with van der Waals surface area (Å²) in [5.74, 6) is 0.0527. The van der Waals surface area contributed by atoms with Gasteiger partial charge in [0.05, 0.1) is 6.61 Å². The highest BCUT2D eigenvalue weighted by Gasteiger charge is 2.44. The molecule has 1 unspecified atom stereocenters. The van der Waals surface area contributed by atoms with Gasteiger partial charge in [-0.1, -0.05) is 12.1 Å². The predicted molar refractivity (Wildman–Crippen MR) is 83.9 cm³/mol. The van der Waals surface area contributed by atoms with Crippen LogP contribution in [0.3, 0.4) is 0 Å². The molecule has 1 aliphatic rings. The molecule has 1 fully saturated rings. The maximum absolute atomic E-state index is 12.6. The first-order valence-electron chi connectivity index (χ1n) is 8.08. The van der Waals surface area contributed by atoms with Gasteiger partial charge in [0.1, 0.15) is 12.4 Å². The Balaban J connectivity index is 1.82. The van der Waals surface area contributed by atoms with Crippen molar-refractivity contribution in [2.75, 3.05) is 33.4 Å². The molecule has 0 aliphatic carbocycles. The summed E-state index contributed by atoms with van der Waals surface area (Å²) in [4.78, 5) is 2.11. The fraction of sp³-hybridized carbons (Fsp3) is 0.647. The zero-order valence-corrected chi connectivity index (χ0v) is 13.8. The molecule has 1 N–H and O–H groups in total. The van der Waals surface area contributed by atoms with E-state index >= 15 is 0 Å². The average molecular weight is 347 g/mol. The molecule has 0 bridgehead atoms. The van der Waals surface area contributed by atoms with Gasteiger partial charge >= 0.3 is 6.18 Å². The Morgan fingerprint density at radius 1 is 1.25 bits per heavy atom. The van der Waals surface area contributed by atoms with Crippen LogP contribution < -0.4 is 4.74 Å². The van der Waals surface area contributed by atoms with Crippen LogP contribution in [0.1, 0.15) is 18.4 Å². The number of aliphatic hydroxyl groups excluding tert-OH is 1. The number of piperidine rings is 1.